The summed E-state index contributed by atoms with van der Waals surface area (Å²) in [4.78, 5) is 11.7. The highest BCUT2D eigenvalue weighted by Gasteiger charge is 2.04. The molecule has 15 heavy (non-hydrogen) atoms. The maximum atomic E-state index is 11.7. The molecule has 2 rings (SSSR count). The van der Waals surface area contributed by atoms with Gasteiger partial charge in [0.1, 0.15) is 11.3 Å². The summed E-state index contributed by atoms with van der Waals surface area (Å²) in [5.41, 5.74) is 1.62. The lowest BCUT2D eigenvalue weighted by Gasteiger charge is -2.01. The van der Waals surface area contributed by atoms with Crippen LogP contribution in [0.1, 0.15) is 18.2 Å². The van der Waals surface area contributed by atoms with E-state index in [0.717, 1.165) is 5.56 Å². The van der Waals surface area contributed by atoms with Gasteiger partial charge in [-0.3, -0.25) is 4.79 Å². The summed E-state index contributed by atoms with van der Waals surface area (Å²) < 4.78 is 5.57. The van der Waals surface area contributed by atoms with Crippen LogP contribution < -0.4 is 5.43 Å². The molecule has 0 spiro atoms. The van der Waals surface area contributed by atoms with Crippen LogP contribution in [0.4, 0.5) is 0 Å². The van der Waals surface area contributed by atoms with E-state index in [2.05, 4.69) is 0 Å². The van der Waals surface area contributed by atoms with Gasteiger partial charge in [0.2, 0.25) is 0 Å². The lowest BCUT2D eigenvalue weighted by Crippen LogP contribution is -2.00. The second-order valence-corrected chi connectivity index (χ2v) is 3.45. The van der Waals surface area contributed by atoms with Crippen molar-refractivity contribution in [3.05, 3.63) is 51.9 Å². The first-order valence-electron chi connectivity index (χ1n) is 4.88. The summed E-state index contributed by atoms with van der Waals surface area (Å²) in [6.07, 6.45) is 3.86. The molecule has 2 nitrogen and oxygen atoms in total. The van der Waals surface area contributed by atoms with Crippen molar-refractivity contribution in [3.63, 3.8) is 0 Å². The first kappa shape index (κ1) is 9.71. The van der Waals surface area contributed by atoms with Gasteiger partial charge in [0.05, 0.1) is 5.39 Å². The maximum absolute atomic E-state index is 11.7. The highest BCUT2D eigenvalue weighted by Crippen LogP contribution is 2.18. The second-order valence-electron chi connectivity index (χ2n) is 3.45. The van der Waals surface area contributed by atoms with Crippen molar-refractivity contribution >= 4 is 17.0 Å². The summed E-state index contributed by atoms with van der Waals surface area (Å²) >= 11 is 0. The lowest BCUT2D eigenvalue weighted by molar-refractivity contribution is 0.564. The Hall–Kier alpha value is -1.83. The van der Waals surface area contributed by atoms with Crippen molar-refractivity contribution in [3.8, 4) is 0 Å². The Balaban J connectivity index is 2.91. The molecule has 0 bridgehead atoms. The molecule has 0 unspecified atom stereocenters. The largest absolute Gasteiger partial charge is 0.460 e. The quantitative estimate of drug-likeness (QED) is 0.707. The van der Waals surface area contributed by atoms with Gasteiger partial charge in [-0.05, 0) is 19.9 Å². The lowest BCUT2D eigenvalue weighted by atomic mass is 10.1. The number of para-hydroxylation sites is 1. The number of allylic oxidation sites excluding steroid dienone is 1. The highest BCUT2D eigenvalue weighted by molar-refractivity contribution is 5.85. The van der Waals surface area contributed by atoms with Gasteiger partial charge in [-0.25, -0.2) is 0 Å². The zero-order chi connectivity index (χ0) is 10.8. The molecule has 0 N–H and O–H groups in total. The van der Waals surface area contributed by atoms with Crippen LogP contribution in [0.25, 0.3) is 17.0 Å². The van der Waals surface area contributed by atoms with Gasteiger partial charge in [-0.2, -0.15) is 0 Å². The van der Waals surface area contributed by atoms with E-state index in [1.807, 2.05) is 31.2 Å². The van der Waals surface area contributed by atoms with Crippen LogP contribution in [0.15, 0.2) is 39.6 Å². The van der Waals surface area contributed by atoms with Crippen LogP contribution in [-0.4, -0.2) is 0 Å². The van der Waals surface area contributed by atoms with Crippen molar-refractivity contribution in [1.29, 1.82) is 0 Å². The summed E-state index contributed by atoms with van der Waals surface area (Å²) in [5, 5.41) is 0.635. The molecule has 1 heterocycles. The molecule has 0 saturated heterocycles. The molecule has 0 aliphatic carbocycles. The Labute approximate surface area is 87.8 Å². The molecule has 76 valence electrons. The summed E-state index contributed by atoms with van der Waals surface area (Å²) in [6.45, 7) is 3.72. The van der Waals surface area contributed by atoms with E-state index in [4.69, 9.17) is 4.42 Å². The third-order valence-electron chi connectivity index (χ3n) is 2.25. The van der Waals surface area contributed by atoms with Gasteiger partial charge < -0.3 is 4.42 Å². The number of hydrogen-bond donors (Lipinski definition) is 0. The molecule has 0 atom stereocenters. The molecule has 0 aliphatic heterocycles. The fourth-order valence-electron chi connectivity index (χ4n) is 1.63. The fraction of sp³-hybridized carbons (Fsp3) is 0.154. The molecule has 0 amide bonds. The predicted molar refractivity (Wildman–Crippen MR) is 61.9 cm³/mol. The van der Waals surface area contributed by atoms with E-state index in [9.17, 15) is 4.79 Å². The van der Waals surface area contributed by atoms with Crippen molar-refractivity contribution in [2.24, 2.45) is 0 Å². The molecule has 2 aromatic rings. The number of hydrogen-bond acceptors (Lipinski definition) is 2. The minimum atomic E-state index is 0.0140. The molecule has 0 saturated carbocycles. The van der Waals surface area contributed by atoms with E-state index in [0.29, 0.717) is 16.7 Å². The van der Waals surface area contributed by atoms with Gasteiger partial charge in [0.25, 0.3) is 0 Å². The zero-order valence-electron chi connectivity index (χ0n) is 8.78. The minimum absolute atomic E-state index is 0.0140. The number of fused-ring (bicyclic) bond motifs is 1. The molecular formula is C13H12O2. The summed E-state index contributed by atoms with van der Waals surface area (Å²) in [6, 6.07) is 7.10. The van der Waals surface area contributed by atoms with Gasteiger partial charge in [0.15, 0.2) is 5.43 Å². The van der Waals surface area contributed by atoms with Crippen LogP contribution >= 0.6 is 0 Å². The van der Waals surface area contributed by atoms with Crippen LogP contribution in [0.5, 0.6) is 0 Å². The van der Waals surface area contributed by atoms with Crippen LogP contribution in [0.3, 0.4) is 0 Å². The Kier molecular flexibility index (Phi) is 2.42. The third kappa shape index (κ3) is 1.71. The topological polar surface area (TPSA) is 30.2 Å². The van der Waals surface area contributed by atoms with E-state index in [1.165, 1.54) is 6.07 Å². The van der Waals surface area contributed by atoms with Crippen molar-refractivity contribution < 1.29 is 4.42 Å². The van der Waals surface area contributed by atoms with E-state index in [1.54, 1.807) is 13.0 Å². The third-order valence-corrected chi connectivity index (χ3v) is 2.25. The fourth-order valence-corrected chi connectivity index (χ4v) is 1.63. The second kappa shape index (κ2) is 3.73. The number of benzene rings is 1. The summed E-state index contributed by atoms with van der Waals surface area (Å²) in [5.74, 6) is 0.643. The van der Waals surface area contributed by atoms with Crippen LogP contribution in [-0.2, 0) is 0 Å². The van der Waals surface area contributed by atoms with Gasteiger partial charge >= 0.3 is 0 Å². The Morgan fingerprint density at radius 1 is 1.33 bits per heavy atom. The van der Waals surface area contributed by atoms with Crippen molar-refractivity contribution in [2.45, 2.75) is 13.8 Å². The Morgan fingerprint density at radius 2 is 2.13 bits per heavy atom. The Bertz CT molecular complexity index is 577. The molecule has 2 heteroatoms. The number of aryl methyl sites for hydroxylation is 1. The molecular weight excluding hydrogens is 188 g/mol. The van der Waals surface area contributed by atoms with E-state index >= 15 is 0 Å². The van der Waals surface area contributed by atoms with Gasteiger partial charge in [-0.1, -0.05) is 24.3 Å². The van der Waals surface area contributed by atoms with E-state index in [-0.39, 0.29) is 5.43 Å². The van der Waals surface area contributed by atoms with Crippen LogP contribution in [0, 0.1) is 6.92 Å². The van der Waals surface area contributed by atoms with Gasteiger partial charge in [0, 0.05) is 11.6 Å². The minimum Gasteiger partial charge on any atom is -0.460 e. The molecule has 0 fully saturated rings. The molecule has 0 aliphatic rings. The molecule has 0 radical (unpaired) electrons. The average molecular weight is 200 g/mol. The monoisotopic (exact) mass is 200 g/mol. The highest BCUT2D eigenvalue weighted by atomic mass is 16.3. The zero-order valence-corrected chi connectivity index (χ0v) is 8.78. The average Bonchev–Trinajstić information content (AvgIpc) is 2.19. The molecule has 1 aromatic carbocycles. The van der Waals surface area contributed by atoms with Crippen molar-refractivity contribution in [1.82, 2.24) is 0 Å². The van der Waals surface area contributed by atoms with Crippen molar-refractivity contribution in [2.75, 3.05) is 0 Å². The maximum Gasteiger partial charge on any atom is 0.192 e. The number of rotatable bonds is 1. The predicted octanol–water partition coefficient (Wildman–Crippen LogP) is 3.13. The first-order valence-corrected chi connectivity index (χ1v) is 4.88. The van der Waals surface area contributed by atoms with Gasteiger partial charge in [-0.15, -0.1) is 0 Å². The standard InChI is InChI=1S/C13H12O2/c1-3-5-10-6-4-7-11-12(14)8-9(2)15-13(10)11/h3-8H,1-2H3/b5-3-. The normalized spacial score (nSPS) is 11.3. The molecule has 1 aromatic heterocycles. The first-order chi connectivity index (χ1) is 7.22. The van der Waals surface area contributed by atoms with Crippen LogP contribution in [0.2, 0.25) is 0 Å². The SMILES string of the molecule is C/C=C\c1cccc2c(=O)cc(C)oc12. The Morgan fingerprint density at radius 3 is 2.87 bits per heavy atom. The smallest absolute Gasteiger partial charge is 0.192 e. The van der Waals surface area contributed by atoms with E-state index < -0.39 is 0 Å². The summed E-state index contributed by atoms with van der Waals surface area (Å²) in [7, 11) is 0.